The monoisotopic (exact) mass is 274 g/mol. The lowest BCUT2D eigenvalue weighted by Gasteiger charge is -2.25. The van der Waals surface area contributed by atoms with Gasteiger partial charge in [-0.25, -0.2) is 0 Å². The van der Waals surface area contributed by atoms with Crippen LogP contribution in [0.5, 0.6) is 0 Å². The Hall–Kier alpha value is -0.740. The first-order valence-electron chi connectivity index (χ1n) is 7.93. The maximum Gasteiger partial charge on any atom is 0.133 e. The van der Waals surface area contributed by atoms with E-state index in [9.17, 15) is 9.59 Å². The van der Waals surface area contributed by atoms with Crippen LogP contribution in [0.3, 0.4) is 0 Å². The lowest BCUT2D eigenvalue weighted by molar-refractivity contribution is -0.125. The van der Waals surface area contributed by atoms with Crippen molar-refractivity contribution in [3.05, 3.63) is 0 Å². The molecule has 6 fully saturated rings. The van der Waals surface area contributed by atoms with E-state index in [2.05, 4.69) is 0 Å². The van der Waals surface area contributed by atoms with E-state index in [0.29, 0.717) is 47.1 Å². The van der Waals surface area contributed by atoms with Gasteiger partial charge in [0.1, 0.15) is 11.6 Å². The van der Waals surface area contributed by atoms with Crippen LogP contribution in [0, 0.1) is 47.3 Å². The van der Waals surface area contributed by atoms with Gasteiger partial charge in [0.15, 0.2) is 0 Å². The molecule has 2 saturated heterocycles. The molecule has 2 heterocycles. The standard InChI is InChI=1S/C16H18O4/c1-3(17)5-9-7-8-10(5)14-16(20-14)12(8)6(4(2)18)11(7)15-13(9)19-15/h5-16H,1-2H3/t5?,6?,7?,8?,9-,10+,11+,12-,13-,14-,15-,16-/m1/s1. The first-order valence-corrected chi connectivity index (χ1v) is 7.93. The van der Waals surface area contributed by atoms with Crippen molar-refractivity contribution in [2.75, 3.05) is 0 Å². The minimum absolute atomic E-state index is 0.137. The van der Waals surface area contributed by atoms with E-state index in [1.807, 2.05) is 0 Å². The Morgan fingerprint density at radius 3 is 1.15 bits per heavy atom. The largest absolute Gasteiger partial charge is 0.369 e. The normalized spacial score (nSPS) is 69.5. The third kappa shape index (κ3) is 0.899. The zero-order valence-electron chi connectivity index (χ0n) is 11.6. The van der Waals surface area contributed by atoms with E-state index in [-0.39, 0.29) is 36.3 Å². The first kappa shape index (κ1) is 10.9. The number of carbonyl (C=O) groups excluding carboxylic acids is 2. The molecular formula is C16H18O4. The van der Waals surface area contributed by atoms with Gasteiger partial charge < -0.3 is 9.47 Å². The van der Waals surface area contributed by atoms with E-state index in [1.165, 1.54) is 0 Å². The van der Waals surface area contributed by atoms with Crippen LogP contribution in [-0.4, -0.2) is 36.0 Å². The number of hydrogen-bond donors (Lipinski definition) is 0. The number of fused-ring (bicyclic) bond motifs is 6. The molecule has 4 aliphatic carbocycles. The highest BCUT2D eigenvalue weighted by molar-refractivity contribution is 5.83. The molecule has 0 N–H and O–H groups in total. The van der Waals surface area contributed by atoms with E-state index in [1.54, 1.807) is 13.8 Å². The Morgan fingerprint density at radius 2 is 0.900 bits per heavy atom. The van der Waals surface area contributed by atoms with Crippen LogP contribution in [0.15, 0.2) is 0 Å². The Bertz CT molecular complexity index is 489. The summed E-state index contributed by atoms with van der Waals surface area (Å²) in [5.41, 5.74) is 0. The van der Waals surface area contributed by atoms with E-state index in [4.69, 9.17) is 9.47 Å². The van der Waals surface area contributed by atoms with Gasteiger partial charge in [-0.15, -0.1) is 0 Å². The Morgan fingerprint density at radius 1 is 0.600 bits per heavy atom. The predicted octanol–water partition coefficient (Wildman–Crippen LogP) is 0.683. The lowest BCUT2D eigenvalue weighted by atomic mass is 9.80. The highest BCUT2D eigenvalue weighted by Crippen LogP contribution is 2.78. The molecule has 4 nitrogen and oxygen atoms in total. The average Bonchev–Trinajstić information content (AvgIpc) is 3.19. The van der Waals surface area contributed by atoms with Gasteiger partial charge in [0.2, 0.25) is 0 Å². The number of rotatable bonds is 2. The van der Waals surface area contributed by atoms with Gasteiger partial charge in [-0.3, -0.25) is 9.59 Å². The van der Waals surface area contributed by atoms with Crippen molar-refractivity contribution >= 4 is 11.6 Å². The second-order valence-electron chi connectivity index (χ2n) is 7.87. The van der Waals surface area contributed by atoms with Crippen molar-refractivity contribution in [3.8, 4) is 0 Å². The molecule has 12 atom stereocenters. The van der Waals surface area contributed by atoms with Gasteiger partial charge in [0.05, 0.1) is 24.4 Å². The van der Waals surface area contributed by atoms with Crippen LogP contribution in [-0.2, 0) is 19.1 Å². The summed E-state index contributed by atoms with van der Waals surface area (Å²) in [7, 11) is 0. The van der Waals surface area contributed by atoms with Crippen LogP contribution in [0.2, 0.25) is 0 Å². The van der Waals surface area contributed by atoms with Crippen molar-refractivity contribution in [1.82, 2.24) is 0 Å². The molecule has 4 saturated carbocycles. The summed E-state index contributed by atoms with van der Waals surface area (Å²) >= 11 is 0. The molecule has 106 valence electrons. The topological polar surface area (TPSA) is 59.2 Å². The molecule has 4 unspecified atom stereocenters. The molecule has 4 heteroatoms. The Balaban J connectivity index is 1.55. The minimum Gasteiger partial charge on any atom is -0.369 e. The quantitative estimate of drug-likeness (QED) is 0.695. The van der Waals surface area contributed by atoms with Gasteiger partial charge in [0.25, 0.3) is 0 Å². The predicted molar refractivity (Wildman–Crippen MR) is 66.6 cm³/mol. The molecule has 0 aromatic carbocycles. The smallest absolute Gasteiger partial charge is 0.133 e. The Kier molecular flexibility index (Phi) is 1.59. The lowest BCUT2D eigenvalue weighted by Crippen LogP contribution is -2.31. The van der Waals surface area contributed by atoms with E-state index in [0.717, 1.165) is 0 Å². The van der Waals surface area contributed by atoms with Crippen molar-refractivity contribution in [2.45, 2.75) is 38.3 Å². The second kappa shape index (κ2) is 2.91. The maximum atomic E-state index is 12.2. The molecule has 0 amide bonds. The summed E-state index contributed by atoms with van der Waals surface area (Å²) < 4.78 is 11.8. The summed E-state index contributed by atoms with van der Waals surface area (Å²) in [5, 5.41) is 0. The molecule has 2 aliphatic heterocycles. The SMILES string of the molecule is CC(=O)C1[C@@H]2C3C4[C@@H](C(C(C)=O)[C@@H]3[C@H]3O[C@H]23)[C@H]2O[C@@H]2[C@@H]14. The molecular weight excluding hydrogens is 256 g/mol. The summed E-state index contributed by atoms with van der Waals surface area (Å²) in [4.78, 5) is 24.4. The van der Waals surface area contributed by atoms with Crippen LogP contribution in [0.25, 0.3) is 0 Å². The fraction of sp³-hybridized carbons (Fsp3) is 0.875. The molecule has 6 rings (SSSR count). The van der Waals surface area contributed by atoms with Crippen LogP contribution < -0.4 is 0 Å². The highest BCUT2D eigenvalue weighted by Gasteiger charge is 2.84. The molecule has 0 aromatic rings. The third-order valence-corrected chi connectivity index (χ3v) is 7.46. The van der Waals surface area contributed by atoms with E-state index < -0.39 is 0 Å². The molecule has 0 bridgehead atoms. The third-order valence-electron chi connectivity index (χ3n) is 7.46. The van der Waals surface area contributed by atoms with Gasteiger partial charge in [-0.2, -0.15) is 0 Å². The summed E-state index contributed by atoms with van der Waals surface area (Å²) in [6.07, 6.45) is 1.07. The highest BCUT2D eigenvalue weighted by atomic mass is 16.6. The average molecular weight is 274 g/mol. The van der Waals surface area contributed by atoms with Crippen LogP contribution in [0.4, 0.5) is 0 Å². The minimum atomic E-state index is 0.137. The molecule has 20 heavy (non-hydrogen) atoms. The molecule has 0 spiro atoms. The number of epoxide rings is 2. The van der Waals surface area contributed by atoms with Crippen LogP contribution in [0.1, 0.15) is 13.8 Å². The number of ether oxygens (including phenoxy) is 2. The number of hydrogen-bond acceptors (Lipinski definition) is 4. The summed E-state index contributed by atoms with van der Waals surface area (Å²) in [5.74, 6) is 3.57. The number of carbonyl (C=O) groups is 2. The van der Waals surface area contributed by atoms with Gasteiger partial charge in [-0.05, 0) is 25.7 Å². The summed E-state index contributed by atoms with van der Waals surface area (Å²) in [6.45, 7) is 3.48. The van der Waals surface area contributed by atoms with Crippen LogP contribution >= 0.6 is 0 Å². The van der Waals surface area contributed by atoms with Crippen molar-refractivity contribution in [1.29, 1.82) is 0 Å². The Labute approximate surface area is 117 Å². The summed E-state index contributed by atoms with van der Waals surface area (Å²) in [6, 6.07) is 0. The number of Topliss-reactive ketones (excluding diaryl/α,β-unsaturated/α-hetero) is 2. The zero-order chi connectivity index (χ0) is 13.5. The number of ketones is 2. The maximum absolute atomic E-state index is 12.2. The van der Waals surface area contributed by atoms with Gasteiger partial charge >= 0.3 is 0 Å². The second-order valence-corrected chi connectivity index (χ2v) is 7.87. The zero-order valence-corrected chi connectivity index (χ0v) is 11.6. The van der Waals surface area contributed by atoms with Crippen molar-refractivity contribution < 1.29 is 19.1 Å². The van der Waals surface area contributed by atoms with E-state index >= 15 is 0 Å². The molecule has 0 radical (unpaired) electrons. The molecule has 0 aromatic heterocycles. The van der Waals surface area contributed by atoms with Crippen molar-refractivity contribution in [2.24, 2.45) is 47.3 Å². The molecule has 6 aliphatic rings. The first-order chi connectivity index (χ1) is 9.61. The van der Waals surface area contributed by atoms with Gasteiger partial charge in [0, 0.05) is 35.5 Å². The van der Waals surface area contributed by atoms with Crippen molar-refractivity contribution in [3.63, 3.8) is 0 Å². The fourth-order valence-corrected chi connectivity index (χ4v) is 7.30. The van der Waals surface area contributed by atoms with Gasteiger partial charge in [-0.1, -0.05) is 0 Å². The fourth-order valence-electron chi connectivity index (χ4n) is 7.30.